The second-order valence-corrected chi connectivity index (χ2v) is 6.28. The zero-order chi connectivity index (χ0) is 18.4. The van der Waals surface area contributed by atoms with E-state index in [0.717, 1.165) is 11.3 Å². The van der Waals surface area contributed by atoms with Gasteiger partial charge in [-0.15, -0.1) is 0 Å². The van der Waals surface area contributed by atoms with Crippen LogP contribution in [-0.4, -0.2) is 16.9 Å². The van der Waals surface area contributed by atoms with Crippen LogP contribution in [0.15, 0.2) is 57.7 Å². The first-order valence-electron chi connectivity index (χ1n) is 8.09. The van der Waals surface area contributed by atoms with Crippen LogP contribution in [-0.2, 0) is 6.42 Å². The van der Waals surface area contributed by atoms with Gasteiger partial charge in [-0.05, 0) is 37.1 Å². The maximum absolute atomic E-state index is 13.0. The van der Waals surface area contributed by atoms with Gasteiger partial charge >= 0.3 is 5.63 Å². The molecule has 0 saturated carbocycles. The molecule has 130 valence electrons. The van der Waals surface area contributed by atoms with Crippen molar-refractivity contribution < 1.29 is 14.1 Å². The van der Waals surface area contributed by atoms with E-state index in [0.29, 0.717) is 11.8 Å². The molecule has 0 aliphatic carbocycles. The predicted octanol–water partition coefficient (Wildman–Crippen LogP) is 3.29. The summed E-state index contributed by atoms with van der Waals surface area (Å²) in [7, 11) is 0. The van der Waals surface area contributed by atoms with Gasteiger partial charge in [0.25, 0.3) is 11.6 Å². The second kappa shape index (κ2) is 5.80. The van der Waals surface area contributed by atoms with E-state index in [-0.39, 0.29) is 22.9 Å². The summed E-state index contributed by atoms with van der Waals surface area (Å²) in [5.74, 6) is -0.468. The van der Waals surface area contributed by atoms with E-state index in [9.17, 15) is 19.7 Å². The fourth-order valence-electron chi connectivity index (χ4n) is 3.38. The van der Waals surface area contributed by atoms with Crippen LogP contribution in [0.2, 0.25) is 0 Å². The first kappa shape index (κ1) is 16.0. The lowest BCUT2D eigenvalue weighted by Gasteiger charge is -2.22. The number of hydrogen-bond donors (Lipinski definition) is 0. The summed E-state index contributed by atoms with van der Waals surface area (Å²) < 4.78 is 5.21. The van der Waals surface area contributed by atoms with Crippen LogP contribution in [0.4, 0.5) is 11.4 Å². The molecule has 2 heterocycles. The molecule has 2 aromatic carbocycles. The summed E-state index contributed by atoms with van der Waals surface area (Å²) >= 11 is 0. The van der Waals surface area contributed by atoms with Gasteiger partial charge in [-0.1, -0.05) is 18.2 Å². The molecule has 0 N–H and O–H groups in total. The Bertz CT molecular complexity index is 1120. The first-order valence-corrected chi connectivity index (χ1v) is 8.09. The SMILES string of the molecule is CC1Cc2ccccc2N1C(=O)c1cc2cc([N+](=O)[O-])ccc2oc1=O. The van der Waals surface area contributed by atoms with E-state index in [4.69, 9.17) is 4.42 Å². The van der Waals surface area contributed by atoms with Gasteiger partial charge in [0.2, 0.25) is 0 Å². The Hall–Kier alpha value is -3.48. The molecule has 1 aliphatic heterocycles. The Kier molecular flexibility index (Phi) is 3.57. The van der Waals surface area contributed by atoms with Gasteiger partial charge < -0.3 is 9.32 Å². The molecule has 0 radical (unpaired) electrons. The smallest absolute Gasteiger partial charge is 0.349 e. The number of para-hydroxylation sites is 1. The number of nitrogens with zero attached hydrogens (tertiary/aromatic N) is 2. The molecule has 1 unspecified atom stereocenters. The molecule has 1 aromatic heterocycles. The van der Waals surface area contributed by atoms with Crippen LogP contribution >= 0.6 is 0 Å². The standard InChI is InChI=1S/C19H14N2O5/c1-11-8-12-4-2-3-5-16(12)20(11)18(22)15-10-13-9-14(21(24)25)6-7-17(13)26-19(15)23/h2-7,9-11H,8H2,1H3. The van der Waals surface area contributed by atoms with Crippen LogP contribution in [0.5, 0.6) is 0 Å². The van der Waals surface area contributed by atoms with Gasteiger partial charge in [0.15, 0.2) is 0 Å². The van der Waals surface area contributed by atoms with Gasteiger partial charge in [0.1, 0.15) is 11.1 Å². The van der Waals surface area contributed by atoms with E-state index >= 15 is 0 Å². The molecule has 1 aliphatic rings. The summed E-state index contributed by atoms with van der Waals surface area (Å²) in [6.07, 6.45) is 0.701. The van der Waals surface area contributed by atoms with Crippen molar-refractivity contribution in [2.45, 2.75) is 19.4 Å². The number of fused-ring (bicyclic) bond motifs is 2. The summed E-state index contributed by atoms with van der Waals surface area (Å²) in [6, 6.07) is 12.7. The number of carbonyl (C=O) groups excluding carboxylic acids is 1. The fraction of sp³-hybridized carbons (Fsp3) is 0.158. The molecule has 3 aromatic rings. The Morgan fingerprint density at radius 2 is 2.00 bits per heavy atom. The summed E-state index contributed by atoms with van der Waals surface area (Å²) in [5, 5.41) is 11.3. The minimum atomic E-state index is -0.757. The van der Waals surface area contributed by atoms with Crippen molar-refractivity contribution >= 4 is 28.3 Å². The number of non-ortho nitro benzene ring substituents is 1. The quantitative estimate of drug-likeness (QED) is 0.402. The predicted molar refractivity (Wildman–Crippen MR) is 95.6 cm³/mol. The van der Waals surface area contributed by atoms with Crippen LogP contribution in [0.1, 0.15) is 22.8 Å². The summed E-state index contributed by atoms with van der Waals surface area (Å²) in [5.41, 5.74) is 0.976. The molecular weight excluding hydrogens is 336 g/mol. The van der Waals surface area contributed by atoms with Gasteiger partial charge in [-0.2, -0.15) is 0 Å². The van der Waals surface area contributed by atoms with E-state index in [1.54, 1.807) is 4.90 Å². The largest absolute Gasteiger partial charge is 0.422 e. The Labute approximate surface area is 147 Å². The highest BCUT2D eigenvalue weighted by molar-refractivity contribution is 6.08. The lowest BCUT2D eigenvalue weighted by atomic mass is 10.1. The molecule has 1 atom stereocenters. The summed E-state index contributed by atoms with van der Waals surface area (Å²) in [6.45, 7) is 1.91. The normalized spacial score (nSPS) is 15.9. The fourth-order valence-corrected chi connectivity index (χ4v) is 3.38. The highest BCUT2D eigenvalue weighted by Crippen LogP contribution is 2.33. The van der Waals surface area contributed by atoms with E-state index in [1.165, 1.54) is 24.3 Å². The van der Waals surface area contributed by atoms with Gasteiger partial charge in [-0.3, -0.25) is 14.9 Å². The van der Waals surface area contributed by atoms with E-state index < -0.39 is 16.5 Å². The van der Waals surface area contributed by atoms with Crippen LogP contribution in [0.25, 0.3) is 11.0 Å². The minimum Gasteiger partial charge on any atom is -0.422 e. The molecule has 7 nitrogen and oxygen atoms in total. The van der Waals surface area contributed by atoms with Crippen molar-refractivity contribution in [2.24, 2.45) is 0 Å². The van der Waals surface area contributed by atoms with Gasteiger partial charge in [0, 0.05) is 29.2 Å². The molecule has 7 heteroatoms. The number of hydrogen-bond acceptors (Lipinski definition) is 5. The van der Waals surface area contributed by atoms with Gasteiger partial charge in [-0.25, -0.2) is 4.79 Å². The Morgan fingerprint density at radius 1 is 1.23 bits per heavy atom. The van der Waals surface area contributed by atoms with Crippen molar-refractivity contribution in [3.8, 4) is 0 Å². The molecule has 26 heavy (non-hydrogen) atoms. The van der Waals surface area contributed by atoms with Crippen molar-refractivity contribution in [3.63, 3.8) is 0 Å². The monoisotopic (exact) mass is 350 g/mol. The first-order chi connectivity index (χ1) is 12.5. The molecule has 0 spiro atoms. The number of anilines is 1. The molecule has 0 saturated heterocycles. The average molecular weight is 350 g/mol. The zero-order valence-electron chi connectivity index (χ0n) is 13.8. The Balaban J connectivity index is 1.83. The number of benzene rings is 2. The highest BCUT2D eigenvalue weighted by Gasteiger charge is 2.33. The van der Waals surface area contributed by atoms with Crippen molar-refractivity contribution in [1.82, 2.24) is 0 Å². The lowest BCUT2D eigenvalue weighted by Crippen LogP contribution is -2.38. The van der Waals surface area contributed by atoms with Crippen LogP contribution in [0.3, 0.4) is 0 Å². The third-order valence-electron chi connectivity index (χ3n) is 4.58. The Morgan fingerprint density at radius 3 is 2.77 bits per heavy atom. The molecule has 1 amide bonds. The third kappa shape index (κ3) is 2.45. The minimum absolute atomic E-state index is 0.0971. The average Bonchev–Trinajstić information content (AvgIpc) is 2.95. The van der Waals surface area contributed by atoms with Crippen LogP contribution < -0.4 is 10.5 Å². The van der Waals surface area contributed by atoms with E-state index in [1.807, 2.05) is 31.2 Å². The highest BCUT2D eigenvalue weighted by atomic mass is 16.6. The number of amides is 1. The van der Waals surface area contributed by atoms with Gasteiger partial charge in [0.05, 0.1) is 4.92 Å². The van der Waals surface area contributed by atoms with Crippen LogP contribution in [0, 0.1) is 10.1 Å². The number of carbonyl (C=O) groups is 1. The number of rotatable bonds is 2. The number of nitro groups is 1. The van der Waals surface area contributed by atoms with Crippen molar-refractivity contribution in [1.29, 1.82) is 0 Å². The topological polar surface area (TPSA) is 93.7 Å². The zero-order valence-corrected chi connectivity index (χ0v) is 13.8. The van der Waals surface area contributed by atoms with Crippen molar-refractivity contribution in [2.75, 3.05) is 4.90 Å². The number of nitro benzene ring substituents is 1. The maximum atomic E-state index is 13.0. The molecular formula is C19H14N2O5. The third-order valence-corrected chi connectivity index (χ3v) is 4.58. The maximum Gasteiger partial charge on any atom is 0.349 e. The summed E-state index contributed by atoms with van der Waals surface area (Å²) in [4.78, 5) is 37.4. The lowest BCUT2D eigenvalue weighted by molar-refractivity contribution is -0.384. The second-order valence-electron chi connectivity index (χ2n) is 6.28. The molecule has 4 rings (SSSR count). The molecule has 0 bridgehead atoms. The van der Waals surface area contributed by atoms with E-state index in [2.05, 4.69) is 0 Å². The molecule has 0 fully saturated rings. The van der Waals surface area contributed by atoms with Crippen molar-refractivity contribution in [3.05, 3.63) is 80.2 Å².